The Bertz CT molecular complexity index is 716. The van der Waals surface area contributed by atoms with E-state index in [1.54, 1.807) is 19.2 Å². The van der Waals surface area contributed by atoms with Crippen molar-refractivity contribution in [3.05, 3.63) is 44.5 Å². The Balaban J connectivity index is 2.11. The maximum absolute atomic E-state index is 10.9. The normalized spacial score (nSPS) is 14.0. The van der Waals surface area contributed by atoms with E-state index < -0.39 is 4.92 Å². The molecule has 21 heavy (non-hydrogen) atoms. The maximum atomic E-state index is 10.9. The number of nitro groups is 1. The molecule has 2 aromatic rings. The van der Waals surface area contributed by atoms with E-state index in [-0.39, 0.29) is 5.69 Å². The molecule has 1 aromatic heterocycles. The molecule has 1 aromatic carbocycles. The Morgan fingerprint density at radius 3 is 2.76 bits per heavy atom. The SMILES string of the molecule is CNc1nc(-c2cccc([N+](=O)[O-])c2)nc(C2CC2)c1Br. The fourth-order valence-electron chi connectivity index (χ4n) is 2.15. The fourth-order valence-corrected chi connectivity index (χ4v) is 2.84. The number of non-ortho nitro benzene ring substituents is 1. The van der Waals surface area contributed by atoms with Crippen molar-refractivity contribution in [1.29, 1.82) is 0 Å². The van der Waals surface area contributed by atoms with Gasteiger partial charge in [0.1, 0.15) is 5.82 Å². The first kappa shape index (κ1) is 13.9. The highest BCUT2D eigenvalue weighted by Crippen LogP contribution is 2.44. The molecule has 1 aliphatic carbocycles. The smallest absolute Gasteiger partial charge is 0.270 e. The number of nitro benzene ring substituents is 1. The van der Waals surface area contributed by atoms with Gasteiger partial charge >= 0.3 is 0 Å². The summed E-state index contributed by atoms with van der Waals surface area (Å²) in [5.41, 5.74) is 1.66. The number of benzene rings is 1. The van der Waals surface area contributed by atoms with Gasteiger partial charge in [-0.3, -0.25) is 10.1 Å². The number of anilines is 1. The lowest BCUT2D eigenvalue weighted by Crippen LogP contribution is -2.02. The second-order valence-electron chi connectivity index (χ2n) is 4.93. The Morgan fingerprint density at radius 1 is 1.38 bits per heavy atom. The van der Waals surface area contributed by atoms with Gasteiger partial charge < -0.3 is 5.32 Å². The van der Waals surface area contributed by atoms with Crippen LogP contribution in [0.25, 0.3) is 11.4 Å². The van der Waals surface area contributed by atoms with Gasteiger partial charge in [-0.25, -0.2) is 9.97 Å². The van der Waals surface area contributed by atoms with E-state index in [1.807, 2.05) is 0 Å². The molecule has 6 nitrogen and oxygen atoms in total. The minimum atomic E-state index is -0.414. The summed E-state index contributed by atoms with van der Waals surface area (Å²) in [5, 5.41) is 13.9. The van der Waals surface area contributed by atoms with Gasteiger partial charge in [0.25, 0.3) is 5.69 Å². The van der Waals surface area contributed by atoms with Crippen LogP contribution < -0.4 is 5.32 Å². The molecule has 0 bridgehead atoms. The fraction of sp³-hybridized carbons (Fsp3) is 0.286. The van der Waals surface area contributed by atoms with Gasteiger partial charge in [-0.05, 0) is 28.8 Å². The standard InChI is InChI=1S/C14H13BrN4O2/c1-16-14-11(15)12(8-5-6-8)17-13(18-14)9-3-2-4-10(7-9)19(20)21/h2-4,7-8H,5-6H2,1H3,(H,16,17,18). The third kappa shape index (κ3) is 2.73. The molecule has 7 heteroatoms. The van der Waals surface area contributed by atoms with Gasteiger partial charge in [0.05, 0.1) is 15.1 Å². The summed E-state index contributed by atoms with van der Waals surface area (Å²) >= 11 is 3.53. The summed E-state index contributed by atoms with van der Waals surface area (Å²) in [4.78, 5) is 19.5. The maximum Gasteiger partial charge on any atom is 0.270 e. The molecular formula is C14H13BrN4O2. The van der Waals surface area contributed by atoms with Crippen LogP contribution in [-0.4, -0.2) is 21.9 Å². The number of rotatable bonds is 4. The van der Waals surface area contributed by atoms with Crippen LogP contribution in [0, 0.1) is 10.1 Å². The molecule has 0 spiro atoms. The average Bonchev–Trinajstić information content (AvgIpc) is 3.32. The highest BCUT2D eigenvalue weighted by molar-refractivity contribution is 9.10. The van der Waals surface area contributed by atoms with Crippen LogP contribution in [0.1, 0.15) is 24.5 Å². The highest BCUT2D eigenvalue weighted by atomic mass is 79.9. The van der Waals surface area contributed by atoms with Crippen molar-refractivity contribution < 1.29 is 4.92 Å². The number of aromatic nitrogens is 2. The second-order valence-corrected chi connectivity index (χ2v) is 5.72. The first-order valence-corrected chi connectivity index (χ1v) is 7.39. The van der Waals surface area contributed by atoms with E-state index in [0.717, 1.165) is 23.0 Å². The van der Waals surface area contributed by atoms with Gasteiger partial charge in [0, 0.05) is 30.7 Å². The molecule has 0 atom stereocenters. The molecular weight excluding hydrogens is 336 g/mol. The predicted molar refractivity (Wildman–Crippen MR) is 83.3 cm³/mol. The number of hydrogen-bond acceptors (Lipinski definition) is 5. The van der Waals surface area contributed by atoms with Crippen LogP contribution in [0.5, 0.6) is 0 Å². The van der Waals surface area contributed by atoms with Crippen molar-refractivity contribution in [3.63, 3.8) is 0 Å². The first-order chi connectivity index (χ1) is 10.1. The van der Waals surface area contributed by atoms with Crippen molar-refractivity contribution >= 4 is 27.4 Å². The van der Waals surface area contributed by atoms with Crippen LogP contribution >= 0.6 is 15.9 Å². The van der Waals surface area contributed by atoms with Crippen molar-refractivity contribution in [2.24, 2.45) is 0 Å². The molecule has 0 saturated heterocycles. The number of hydrogen-bond donors (Lipinski definition) is 1. The van der Waals surface area contributed by atoms with E-state index in [0.29, 0.717) is 23.1 Å². The molecule has 1 aliphatic rings. The third-order valence-electron chi connectivity index (χ3n) is 3.39. The quantitative estimate of drug-likeness (QED) is 0.672. The van der Waals surface area contributed by atoms with Gasteiger partial charge in [-0.15, -0.1) is 0 Å². The molecule has 1 fully saturated rings. The molecule has 0 unspecified atom stereocenters. The van der Waals surface area contributed by atoms with Crippen LogP contribution in [0.2, 0.25) is 0 Å². The molecule has 108 valence electrons. The van der Waals surface area contributed by atoms with Crippen LogP contribution in [0.4, 0.5) is 11.5 Å². The molecule has 1 N–H and O–H groups in total. The zero-order valence-corrected chi connectivity index (χ0v) is 12.9. The van der Waals surface area contributed by atoms with Crippen LogP contribution in [-0.2, 0) is 0 Å². The van der Waals surface area contributed by atoms with Gasteiger partial charge in [-0.1, -0.05) is 12.1 Å². The van der Waals surface area contributed by atoms with Crippen molar-refractivity contribution in [1.82, 2.24) is 9.97 Å². The summed E-state index contributed by atoms with van der Waals surface area (Å²) in [6, 6.07) is 6.39. The topological polar surface area (TPSA) is 81.0 Å². The van der Waals surface area contributed by atoms with Crippen LogP contribution in [0.3, 0.4) is 0 Å². The number of halogens is 1. The summed E-state index contributed by atoms with van der Waals surface area (Å²) in [5.74, 6) is 1.66. The average molecular weight is 349 g/mol. The minimum Gasteiger partial charge on any atom is -0.372 e. The third-order valence-corrected chi connectivity index (χ3v) is 4.17. The monoisotopic (exact) mass is 348 g/mol. The summed E-state index contributed by atoms with van der Waals surface area (Å²) in [7, 11) is 1.79. The summed E-state index contributed by atoms with van der Waals surface area (Å²) in [6.07, 6.45) is 2.24. The molecule has 0 aliphatic heterocycles. The Morgan fingerprint density at radius 2 is 2.14 bits per heavy atom. The molecule has 1 heterocycles. The van der Waals surface area contributed by atoms with E-state index in [1.165, 1.54) is 12.1 Å². The Hall–Kier alpha value is -2.02. The van der Waals surface area contributed by atoms with Gasteiger partial charge in [0.2, 0.25) is 0 Å². The molecule has 0 radical (unpaired) electrons. The van der Waals surface area contributed by atoms with E-state index in [4.69, 9.17) is 0 Å². The van der Waals surface area contributed by atoms with Crippen molar-refractivity contribution in [2.45, 2.75) is 18.8 Å². The number of nitrogens with zero attached hydrogens (tertiary/aromatic N) is 3. The summed E-state index contributed by atoms with van der Waals surface area (Å²) < 4.78 is 0.877. The zero-order chi connectivity index (χ0) is 15.0. The Kier molecular flexibility index (Phi) is 3.59. The number of nitrogens with one attached hydrogen (secondary N) is 1. The second kappa shape index (κ2) is 5.40. The van der Waals surface area contributed by atoms with Crippen molar-refractivity contribution in [2.75, 3.05) is 12.4 Å². The van der Waals surface area contributed by atoms with Gasteiger partial charge in [-0.2, -0.15) is 0 Å². The lowest BCUT2D eigenvalue weighted by Gasteiger charge is -2.10. The highest BCUT2D eigenvalue weighted by Gasteiger charge is 2.29. The summed E-state index contributed by atoms with van der Waals surface area (Å²) in [6.45, 7) is 0. The molecule has 3 rings (SSSR count). The van der Waals surface area contributed by atoms with E-state index in [9.17, 15) is 10.1 Å². The van der Waals surface area contributed by atoms with E-state index >= 15 is 0 Å². The van der Waals surface area contributed by atoms with Crippen LogP contribution in [0.15, 0.2) is 28.7 Å². The van der Waals surface area contributed by atoms with Crippen molar-refractivity contribution in [3.8, 4) is 11.4 Å². The lowest BCUT2D eigenvalue weighted by atomic mass is 10.1. The lowest BCUT2D eigenvalue weighted by molar-refractivity contribution is -0.384. The predicted octanol–water partition coefficient (Wildman–Crippen LogP) is 3.73. The molecule has 0 amide bonds. The largest absolute Gasteiger partial charge is 0.372 e. The first-order valence-electron chi connectivity index (χ1n) is 6.60. The van der Waals surface area contributed by atoms with E-state index in [2.05, 4.69) is 31.2 Å². The zero-order valence-electron chi connectivity index (χ0n) is 11.3. The Labute approximate surface area is 129 Å². The minimum absolute atomic E-state index is 0.0398. The molecule has 1 saturated carbocycles. The van der Waals surface area contributed by atoms with Gasteiger partial charge in [0.15, 0.2) is 5.82 Å².